The Balaban J connectivity index is 2.10. The molecule has 18 heavy (non-hydrogen) atoms. The van der Waals surface area contributed by atoms with Gasteiger partial charge in [0.2, 0.25) is 5.91 Å². The first-order valence-electron chi connectivity index (χ1n) is 6.05. The highest BCUT2D eigenvalue weighted by molar-refractivity contribution is 5.96. The van der Waals surface area contributed by atoms with Crippen molar-refractivity contribution >= 4 is 23.4 Å². The molecular weight excluding hydrogens is 232 g/mol. The number of carbonyl (C=O) groups excluding carboxylic acids is 2. The molecule has 0 bridgehead atoms. The summed E-state index contributed by atoms with van der Waals surface area (Å²) in [5.41, 5.74) is 1.44. The zero-order chi connectivity index (χ0) is 13.0. The minimum absolute atomic E-state index is 0.128. The second-order valence-electron chi connectivity index (χ2n) is 4.04. The van der Waals surface area contributed by atoms with E-state index in [1.807, 2.05) is 12.1 Å². The fraction of sp³-hybridized carbons (Fsp3) is 0.385. The fourth-order valence-corrected chi connectivity index (χ4v) is 1.96. The Morgan fingerprint density at radius 3 is 3.00 bits per heavy atom. The molecule has 0 aliphatic carbocycles. The van der Waals surface area contributed by atoms with E-state index in [2.05, 4.69) is 5.32 Å². The Morgan fingerprint density at radius 2 is 2.33 bits per heavy atom. The van der Waals surface area contributed by atoms with Gasteiger partial charge in [0.1, 0.15) is 0 Å². The van der Waals surface area contributed by atoms with Gasteiger partial charge in [-0.25, -0.2) is 4.79 Å². The van der Waals surface area contributed by atoms with E-state index in [0.717, 1.165) is 18.7 Å². The van der Waals surface area contributed by atoms with E-state index in [1.54, 1.807) is 24.0 Å². The molecule has 0 atom stereocenters. The Hall–Kier alpha value is -2.04. The lowest BCUT2D eigenvalue weighted by atomic mass is 10.2. The second-order valence-corrected chi connectivity index (χ2v) is 4.04. The normalized spacial score (nSPS) is 14.7. The van der Waals surface area contributed by atoms with Crippen LogP contribution in [0.3, 0.4) is 0 Å². The Morgan fingerprint density at radius 1 is 1.50 bits per heavy atom. The third-order valence-corrected chi connectivity index (χ3v) is 2.75. The van der Waals surface area contributed by atoms with Crippen LogP contribution in [0.25, 0.3) is 0 Å². The van der Waals surface area contributed by atoms with Gasteiger partial charge < -0.3 is 9.64 Å². The number of amides is 2. The average molecular weight is 248 g/mol. The minimum atomic E-state index is -0.484. The summed E-state index contributed by atoms with van der Waals surface area (Å²) in [6.45, 7) is 2.82. The van der Waals surface area contributed by atoms with Gasteiger partial charge in [-0.2, -0.15) is 0 Å². The molecule has 1 heterocycles. The number of ether oxygens (including phenoxy) is 1. The van der Waals surface area contributed by atoms with Gasteiger partial charge in [-0.1, -0.05) is 6.07 Å². The molecule has 2 rings (SSSR count). The quantitative estimate of drug-likeness (QED) is 0.893. The SMILES string of the molecule is CCOC(=O)Nc1cccc(N2CCCC2=O)c1. The highest BCUT2D eigenvalue weighted by Gasteiger charge is 2.21. The van der Waals surface area contributed by atoms with Crippen molar-refractivity contribution in [3.8, 4) is 0 Å². The molecule has 0 saturated carbocycles. The highest BCUT2D eigenvalue weighted by atomic mass is 16.5. The number of nitrogens with one attached hydrogen (secondary N) is 1. The summed E-state index contributed by atoms with van der Waals surface area (Å²) in [6, 6.07) is 7.21. The Labute approximate surface area is 106 Å². The molecule has 1 aliphatic heterocycles. The first-order valence-corrected chi connectivity index (χ1v) is 6.05. The van der Waals surface area contributed by atoms with E-state index >= 15 is 0 Å². The smallest absolute Gasteiger partial charge is 0.411 e. The van der Waals surface area contributed by atoms with Gasteiger partial charge >= 0.3 is 6.09 Å². The van der Waals surface area contributed by atoms with Crippen LogP contribution in [-0.4, -0.2) is 25.2 Å². The van der Waals surface area contributed by atoms with E-state index in [0.29, 0.717) is 18.7 Å². The molecule has 1 aromatic carbocycles. The maximum atomic E-state index is 11.6. The third-order valence-electron chi connectivity index (χ3n) is 2.75. The van der Waals surface area contributed by atoms with Gasteiger partial charge in [-0.15, -0.1) is 0 Å². The van der Waals surface area contributed by atoms with Crippen LogP contribution >= 0.6 is 0 Å². The maximum absolute atomic E-state index is 11.6. The zero-order valence-corrected chi connectivity index (χ0v) is 10.3. The van der Waals surface area contributed by atoms with E-state index < -0.39 is 6.09 Å². The van der Waals surface area contributed by atoms with Crippen molar-refractivity contribution in [3.05, 3.63) is 24.3 Å². The monoisotopic (exact) mass is 248 g/mol. The molecule has 96 valence electrons. The van der Waals surface area contributed by atoms with E-state index in [1.165, 1.54) is 0 Å². The van der Waals surface area contributed by atoms with Gasteiger partial charge in [-0.3, -0.25) is 10.1 Å². The summed E-state index contributed by atoms with van der Waals surface area (Å²) in [7, 11) is 0. The highest BCUT2D eigenvalue weighted by Crippen LogP contribution is 2.24. The Bertz CT molecular complexity index is 459. The van der Waals surface area contributed by atoms with Crippen LogP contribution in [0.2, 0.25) is 0 Å². The molecule has 5 heteroatoms. The van der Waals surface area contributed by atoms with Crippen molar-refractivity contribution in [3.63, 3.8) is 0 Å². The molecule has 0 unspecified atom stereocenters. The van der Waals surface area contributed by atoms with Crippen LogP contribution in [0.5, 0.6) is 0 Å². The molecule has 1 fully saturated rings. The molecule has 0 spiro atoms. The van der Waals surface area contributed by atoms with Crippen LogP contribution < -0.4 is 10.2 Å². The lowest BCUT2D eigenvalue weighted by Crippen LogP contribution is -2.23. The van der Waals surface area contributed by atoms with Crippen molar-refractivity contribution in [2.24, 2.45) is 0 Å². The number of carbonyl (C=O) groups is 2. The lowest BCUT2D eigenvalue weighted by molar-refractivity contribution is -0.117. The summed E-state index contributed by atoms with van der Waals surface area (Å²) in [6.07, 6.45) is 0.992. The van der Waals surface area contributed by atoms with Gasteiger partial charge in [0, 0.05) is 24.3 Å². The predicted molar refractivity (Wildman–Crippen MR) is 68.7 cm³/mol. The van der Waals surface area contributed by atoms with Gasteiger partial charge in [0.05, 0.1) is 6.61 Å². The van der Waals surface area contributed by atoms with E-state index in [-0.39, 0.29) is 5.91 Å². The average Bonchev–Trinajstić information content (AvgIpc) is 2.76. The molecular formula is C13H16N2O3. The molecule has 1 N–H and O–H groups in total. The van der Waals surface area contributed by atoms with Gasteiger partial charge in [0.15, 0.2) is 0 Å². The van der Waals surface area contributed by atoms with Crippen LogP contribution in [-0.2, 0) is 9.53 Å². The number of rotatable bonds is 3. The number of anilines is 2. The van der Waals surface area contributed by atoms with Crippen molar-refractivity contribution < 1.29 is 14.3 Å². The molecule has 2 amide bonds. The first-order chi connectivity index (χ1) is 8.70. The van der Waals surface area contributed by atoms with Crippen molar-refractivity contribution in [1.82, 2.24) is 0 Å². The number of hydrogen-bond acceptors (Lipinski definition) is 3. The number of hydrogen-bond donors (Lipinski definition) is 1. The largest absolute Gasteiger partial charge is 0.450 e. The van der Waals surface area contributed by atoms with Crippen LogP contribution in [0.15, 0.2) is 24.3 Å². The summed E-state index contributed by atoms with van der Waals surface area (Å²) < 4.78 is 4.80. The third kappa shape index (κ3) is 2.80. The van der Waals surface area contributed by atoms with E-state index in [9.17, 15) is 9.59 Å². The van der Waals surface area contributed by atoms with Crippen molar-refractivity contribution in [2.75, 3.05) is 23.4 Å². The van der Waals surface area contributed by atoms with Crippen molar-refractivity contribution in [1.29, 1.82) is 0 Å². The van der Waals surface area contributed by atoms with Crippen LogP contribution in [0, 0.1) is 0 Å². The molecule has 1 aliphatic rings. The lowest BCUT2D eigenvalue weighted by Gasteiger charge is -2.16. The van der Waals surface area contributed by atoms with Crippen LogP contribution in [0.1, 0.15) is 19.8 Å². The maximum Gasteiger partial charge on any atom is 0.411 e. The fourth-order valence-electron chi connectivity index (χ4n) is 1.96. The predicted octanol–water partition coefficient (Wildman–Crippen LogP) is 2.38. The first kappa shape index (κ1) is 12.4. The summed E-state index contributed by atoms with van der Waals surface area (Å²) in [5.74, 6) is 0.128. The van der Waals surface area contributed by atoms with Crippen LogP contribution in [0.4, 0.5) is 16.2 Å². The summed E-state index contributed by atoms with van der Waals surface area (Å²) >= 11 is 0. The van der Waals surface area contributed by atoms with E-state index in [4.69, 9.17) is 4.74 Å². The van der Waals surface area contributed by atoms with Gasteiger partial charge in [-0.05, 0) is 31.5 Å². The standard InChI is InChI=1S/C13H16N2O3/c1-2-18-13(17)14-10-5-3-6-11(9-10)15-8-4-7-12(15)16/h3,5-6,9H,2,4,7-8H2,1H3,(H,14,17). The molecule has 5 nitrogen and oxygen atoms in total. The molecule has 1 saturated heterocycles. The molecule has 0 radical (unpaired) electrons. The minimum Gasteiger partial charge on any atom is -0.450 e. The molecule has 1 aromatic rings. The topological polar surface area (TPSA) is 58.6 Å². The Kier molecular flexibility index (Phi) is 3.82. The van der Waals surface area contributed by atoms with Crippen molar-refractivity contribution in [2.45, 2.75) is 19.8 Å². The number of benzene rings is 1. The summed E-state index contributed by atoms with van der Waals surface area (Å²) in [4.78, 5) is 24.7. The number of nitrogens with zero attached hydrogens (tertiary/aromatic N) is 1. The zero-order valence-electron chi connectivity index (χ0n) is 10.3. The second kappa shape index (κ2) is 5.53. The van der Waals surface area contributed by atoms with Gasteiger partial charge in [0.25, 0.3) is 0 Å². The summed E-state index contributed by atoms with van der Waals surface area (Å²) in [5, 5.41) is 2.62. The molecule has 0 aromatic heterocycles.